The molecule has 1 aromatic carbocycles. The normalized spacial score (nSPS) is 10.6. The minimum Gasteiger partial charge on any atom is -0.497 e. The van der Waals surface area contributed by atoms with Gasteiger partial charge in [0.05, 0.1) is 19.9 Å². The van der Waals surface area contributed by atoms with Crippen LogP contribution in [0.25, 0.3) is 16.7 Å². The van der Waals surface area contributed by atoms with Gasteiger partial charge < -0.3 is 20.3 Å². The highest BCUT2D eigenvalue weighted by atomic mass is 16.5. The summed E-state index contributed by atoms with van der Waals surface area (Å²) in [5.74, 6) is 0.176. The van der Waals surface area contributed by atoms with Crippen molar-refractivity contribution < 1.29 is 23.9 Å². The Bertz CT molecular complexity index is 941. The van der Waals surface area contributed by atoms with E-state index in [1.807, 2.05) is 0 Å². The molecule has 122 valence electrons. The standard InChI is InChI=1S/C17H15N3O4/c1-23-12-5-3-10-7-13(17(21)22)16(19-14(10)8-12)20-9-11(18)4-6-15(20)24-2/h3-9H,18H2,1-2H3/p+1. The van der Waals surface area contributed by atoms with Crippen molar-refractivity contribution in [2.24, 2.45) is 0 Å². The molecule has 3 N–H and O–H groups in total. The average molecular weight is 326 g/mol. The molecule has 3 aromatic rings. The Morgan fingerprint density at radius 2 is 1.96 bits per heavy atom. The number of carbonyl (C=O) groups is 1. The number of aromatic carboxylic acids is 1. The molecule has 0 radical (unpaired) electrons. The second kappa shape index (κ2) is 6.04. The fraction of sp³-hybridized carbons (Fsp3) is 0.118. The third-order valence-electron chi connectivity index (χ3n) is 3.61. The van der Waals surface area contributed by atoms with Gasteiger partial charge in [-0.25, -0.2) is 4.79 Å². The summed E-state index contributed by atoms with van der Waals surface area (Å²) >= 11 is 0. The highest BCUT2D eigenvalue weighted by Gasteiger charge is 2.26. The van der Waals surface area contributed by atoms with Gasteiger partial charge in [-0.3, -0.25) is 0 Å². The first-order valence-electron chi connectivity index (χ1n) is 7.11. The Hall–Kier alpha value is -3.35. The number of nitrogen functional groups attached to an aromatic ring is 1. The molecule has 0 unspecified atom stereocenters. The largest absolute Gasteiger partial charge is 0.497 e. The molecule has 0 fully saturated rings. The molecular weight excluding hydrogens is 310 g/mol. The molecule has 0 saturated heterocycles. The SMILES string of the molecule is COc1ccc2cc(C(=O)O)c(-[n+]3cc(N)ccc3OC)nc2c1. The van der Waals surface area contributed by atoms with Crippen molar-refractivity contribution in [1.82, 2.24) is 4.98 Å². The Morgan fingerprint density at radius 1 is 1.17 bits per heavy atom. The number of benzene rings is 1. The van der Waals surface area contributed by atoms with Crippen LogP contribution in [-0.2, 0) is 0 Å². The van der Waals surface area contributed by atoms with Crippen LogP contribution < -0.4 is 19.8 Å². The average Bonchev–Trinajstić information content (AvgIpc) is 2.59. The molecule has 7 heteroatoms. The highest BCUT2D eigenvalue weighted by Crippen LogP contribution is 2.23. The smallest absolute Gasteiger partial charge is 0.346 e. The summed E-state index contributed by atoms with van der Waals surface area (Å²) in [4.78, 5) is 16.2. The Kier molecular flexibility index (Phi) is 3.91. The summed E-state index contributed by atoms with van der Waals surface area (Å²) in [6.45, 7) is 0. The van der Waals surface area contributed by atoms with Gasteiger partial charge in [-0.05, 0) is 29.2 Å². The quantitative estimate of drug-likeness (QED) is 0.710. The van der Waals surface area contributed by atoms with Crippen LogP contribution in [0.3, 0.4) is 0 Å². The first-order valence-corrected chi connectivity index (χ1v) is 7.11. The minimum atomic E-state index is -1.09. The highest BCUT2D eigenvalue weighted by molar-refractivity contribution is 5.95. The number of rotatable bonds is 4. The van der Waals surface area contributed by atoms with Crippen molar-refractivity contribution in [2.45, 2.75) is 0 Å². The number of nitrogens with zero attached hydrogens (tertiary/aromatic N) is 2. The number of anilines is 1. The number of aromatic nitrogens is 2. The molecule has 3 rings (SSSR count). The molecule has 0 amide bonds. The monoisotopic (exact) mass is 326 g/mol. The number of methoxy groups -OCH3 is 2. The van der Waals surface area contributed by atoms with E-state index in [-0.39, 0.29) is 11.4 Å². The second-order valence-electron chi connectivity index (χ2n) is 5.10. The van der Waals surface area contributed by atoms with E-state index >= 15 is 0 Å². The van der Waals surface area contributed by atoms with Crippen LogP contribution in [0.2, 0.25) is 0 Å². The van der Waals surface area contributed by atoms with Gasteiger partial charge in [-0.2, -0.15) is 4.57 Å². The van der Waals surface area contributed by atoms with Gasteiger partial charge >= 0.3 is 11.8 Å². The third kappa shape index (κ3) is 2.67. The first kappa shape index (κ1) is 15.5. The Balaban J connectivity index is 2.34. The van der Waals surface area contributed by atoms with Crippen molar-refractivity contribution in [3.8, 4) is 17.4 Å². The maximum Gasteiger partial charge on any atom is 0.346 e. The molecular formula is C17H16N3O4+. The lowest BCUT2D eigenvalue weighted by Crippen LogP contribution is -2.36. The number of nitrogens with two attached hydrogens (primary N) is 1. The van der Waals surface area contributed by atoms with E-state index in [4.69, 9.17) is 15.2 Å². The minimum absolute atomic E-state index is 0.0431. The van der Waals surface area contributed by atoms with Gasteiger partial charge in [0, 0.05) is 17.5 Å². The summed E-state index contributed by atoms with van der Waals surface area (Å²) < 4.78 is 12.0. The second-order valence-corrected chi connectivity index (χ2v) is 5.10. The van der Waals surface area contributed by atoms with E-state index in [0.29, 0.717) is 28.2 Å². The van der Waals surface area contributed by atoms with E-state index in [1.165, 1.54) is 11.7 Å². The molecule has 2 heterocycles. The maximum absolute atomic E-state index is 11.7. The summed E-state index contributed by atoms with van der Waals surface area (Å²) in [5, 5.41) is 10.3. The lowest BCUT2D eigenvalue weighted by atomic mass is 10.1. The molecule has 0 bridgehead atoms. The van der Waals surface area contributed by atoms with Crippen molar-refractivity contribution in [1.29, 1.82) is 0 Å². The van der Waals surface area contributed by atoms with Gasteiger partial charge in [-0.1, -0.05) is 0 Å². The van der Waals surface area contributed by atoms with E-state index in [0.717, 1.165) is 0 Å². The lowest BCUT2D eigenvalue weighted by molar-refractivity contribution is -0.605. The number of fused-ring (bicyclic) bond motifs is 1. The van der Waals surface area contributed by atoms with Crippen LogP contribution in [-0.4, -0.2) is 30.3 Å². The molecule has 7 nitrogen and oxygen atoms in total. The molecule has 0 spiro atoms. The van der Waals surface area contributed by atoms with Gasteiger partial charge in [0.1, 0.15) is 11.9 Å². The molecule has 24 heavy (non-hydrogen) atoms. The number of hydrogen-bond donors (Lipinski definition) is 2. The molecule has 0 aliphatic carbocycles. The predicted molar refractivity (Wildman–Crippen MR) is 87.8 cm³/mol. The number of carboxylic acids is 1. The van der Waals surface area contributed by atoms with Gasteiger partial charge in [0.25, 0.3) is 5.88 Å². The van der Waals surface area contributed by atoms with Gasteiger partial charge in [-0.15, -0.1) is 0 Å². The topological polar surface area (TPSA) is 98.6 Å². The lowest BCUT2D eigenvalue weighted by Gasteiger charge is -2.07. The van der Waals surface area contributed by atoms with Crippen molar-refractivity contribution in [3.05, 3.63) is 48.2 Å². The van der Waals surface area contributed by atoms with E-state index in [2.05, 4.69) is 4.98 Å². The number of hydrogen-bond acceptors (Lipinski definition) is 5. The predicted octanol–water partition coefficient (Wildman–Crippen LogP) is 1.81. The Labute approximate surface area is 137 Å². The zero-order valence-corrected chi connectivity index (χ0v) is 13.2. The van der Waals surface area contributed by atoms with Crippen LogP contribution in [0.4, 0.5) is 5.69 Å². The summed E-state index contributed by atoms with van der Waals surface area (Å²) in [6.07, 6.45) is 1.57. The van der Waals surface area contributed by atoms with Crippen molar-refractivity contribution >= 4 is 22.6 Å². The van der Waals surface area contributed by atoms with Crippen LogP contribution in [0.15, 0.2) is 42.6 Å². The van der Waals surface area contributed by atoms with E-state index in [1.54, 1.807) is 49.7 Å². The summed E-state index contributed by atoms with van der Waals surface area (Å²) in [7, 11) is 3.05. The fourth-order valence-corrected chi connectivity index (χ4v) is 2.44. The zero-order valence-electron chi connectivity index (χ0n) is 13.2. The summed E-state index contributed by atoms with van der Waals surface area (Å²) in [5.41, 5.74) is 6.94. The summed E-state index contributed by atoms with van der Waals surface area (Å²) in [6, 6.07) is 10.1. The molecule has 0 saturated carbocycles. The van der Waals surface area contributed by atoms with E-state index < -0.39 is 5.97 Å². The number of pyridine rings is 2. The van der Waals surface area contributed by atoms with Crippen LogP contribution >= 0.6 is 0 Å². The molecule has 2 aromatic heterocycles. The van der Waals surface area contributed by atoms with Crippen LogP contribution in [0.1, 0.15) is 10.4 Å². The zero-order chi connectivity index (χ0) is 17.3. The van der Waals surface area contributed by atoms with E-state index in [9.17, 15) is 9.90 Å². The molecule has 0 aliphatic rings. The fourth-order valence-electron chi connectivity index (χ4n) is 2.44. The van der Waals surface area contributed by atoms with Gasteiger partial charge in [0.15, 0.2) is 11.1 Å². The van der Waals surface area contributed by atoms with Crippen molar-refractivity contribution in [2.75, 3.05) is 20.0 Å². The number of ether oxygens (including phenoxy) is 2. The van der Waals surface area contributed by atoms with Crippen molar-refractivity contribution in [3.63, 3.8) is 0 Å². The van der Waals surface area contributed by atoms with Crippen LogP contribution in [0.5, 0.6) is 11.6 Å². The third-order valence-corrected chi connectivity index (χ3v) is 3.61. The molecule has 0 aliphatic heterocycles. The maximum atomic E-state index is 11.7. The van der Waals surface area contributed by atoms with Gasteiger partial charge in [0.2, 0.25) is 0 Å². The number of carboxylic acid groups (broad SMARTS) is 1. The molecule has 0 atom stereocenters. The Morgan fingerprint density at radius 3 is 2.62 bits per heavy atom. The first-order chi connectivity index (χ1) is 11.5. The van der Waals surface area contributed by atoms with Crippen LogP contribution in [0, 0.1) is 0 Å².